The van der Waals surface area contributed by atoms with Gasteiger partial charge in [-0.05, 0) is 37.0 Å². The van der Waals surface area contributed by atoms with Gasteiger partial charge in [0.1, 0.15) is 5.75 Å². The lowest BCUT2D eigenvalue weighted by Crippen LogP contribution is -2.22. The van der Waals surface area contributed by atoms with E-state index in [0.29, 0.717) is 13.0 Å². The van der Waals surface area contributed by atoms with Crippen LogP contribution in [0.1, 0.15) is 37.7 Å². The van der Waals surface area contributed by atoms with Crippen LogP contribution in [0.25, 0.3) is 0 Å². The average Bonchev–Trinajstić information content (AvgIpc) is 3.03. The number of rotatable bonds is 8. The predicted molar refractivity (Wildman–Crippen MR) is 91.8 cm³/mol. The van der Waals surface area contributed by atoms with Gasteiger partial charge in [0.05, 0.1) is 7.11 Å². The van der Waals surface area contributed by atoms with Crippen molar-refractivity contribution in [1.29, 1.82) is 0 Å². The van der Waals surface area contributed by atoms with Crippen LogP contribution >= 0.6 is 21.6 Å². The molecule has 2 rings (SSSR count). The zero-order valence-electron chi connectivity index (χ0n) is 12.5. The zero-order valence-corrected chi connectivity index (χ0v) is 14.1. The Morgan fingerprint density at radius 1 is 1.33 bits per heavy atom. The molecule has 0 aromatic heterocycles. The molecule has 1 amide bonds. The highest BCUT2D eigenvalue weighted by Gasteiger charge is 2.15. The lowest BCUT2D eigenvalue weighted by Gasteiger charge is -2.08. The standard InChI is InChI=1S/C16H23NO2S2/c1-19-14-8-6-13(7-9-14)12-17-16(18)5-3-2-4-15-10-11-20-21-15/h6-9,15H,2-5,10-12H2,1H3,(H,17,18)/t15-/m1/s1. The second-order valence-corrected chi connectivity index (χ2v) is 7.99. The molecule has 1 aliphatic rings. The molecular formula is C16H23NO2S2. The highest BCUT2D eigenvalue weighted by atomic mass is 33.1. The van der Waals surface area contributed by atoms with E-state index < -0.39 is 0 Å². The molecule has 0 unspecified atom stereocenters. The maximum Gasteiger partial charge on any atom is 0.220 e. The van der Waals surface area contributed by atoms with E-state index in [9.17, 15) is 4.79 Å². The number of carbonyl (C=O) groups excluding carboxylic acids is 1. The molecule has 1 heterocycles. The highest BCUT2D eigenvalue weighted by molar-refractivity contribution is 8.77. The Morgan fingerprint density at radius 2 is 2.14 bits per heavy atom. The molecule has 1 saturated heterocycles. The summed E-state index contributed by atoms with van der Waals surface area (Å²) in [6, 6.07) is 7.79. The fourth-order valence-corrected chi connectivity index (χ4v) is 5.28. The molecule has 3 nitrogen and oxygen atoms in total. The van der Waals surface area contributed by atoms with Gasteiger partial charge in [-0.25, -0.2) is 0 Å². The molecule has 1 aliphatic heterocycles. The maximum absolute atomic E-state index is 11.8. The second-order valence-electron chi connectivity index (χ2n) is 5.20. The van der Waals surface area contributed by atoms with Crippen LogP contribution in [0.4, 0.5) is 0 Å². The van der Waals surface area contributed by atoms with E-state index in [1.165, 1.54) is 18.6 Å². The molecule has 116 valence electrons. The minimum atomic E-state index is 0.152. The maximum atomic E-state index is 11.8. The van der Waals surface area contributed by atoms with Gasteiger partial charge in [0.15, 0.2) is 0 Å². The van der Waals surface area contributed by atoms with Gasteiger partial charge in [-0.1, -0.05) is 40.1 Å². The Balaban J connectivity index is 1.56. The second kappa shape index (κ2) is 9.26. The normalized spacial score (nSPS) is 17.7. The summed E-state index contributed by atoms with van der Waals surface area (Å²) in [6.45, 7) is 0.595. The Bertz CT molecular complexity index is 430. The van der Waals surface area contributed by atoms with E-state index in [1.54, 1.807) is 7.11 Å². The summed E-state index contributed by atoms with van der Waals surface area (Å²) in [5.41, 5.74) is 1.10. The van der Waals surface area contributed by atoms with E-state index in [2.05, 4.69) is 5.32 Å². The smallest absolute Gasteiger partial charge is 0.220 e. The molecule has 1 aromatic rings. The summed E-state index contributed by atoms with van der Waals surface area (Å²) >= 11 is 0. The van der Waals surface area contributed by atoms with Crippen LogP contribution in [0.5, 0.6) is 5.75 Å². The molecule has 0 spiro atoms. The minimum Gasteiger partial charge on any atom is -0.497 e. The van der Waals surface area contributed by atoms with Gasteiger partial charge in [0.25, 0.3) is 0 Å². The molecule has 1 N–H and O–H groups in total. The van der Waals surface area contributed by atoms with E-state index >= 15 is 0 Å². The summed E-state index contributed by atoms with van der Waals surface area (Å²) in [6.07, 6.45) is 5.38. The number of hydrogen-bond donors (Lipinski definition) is 1. The third-order valence-corrected chi connectivity index (χ3v) is 6.56. The number of nitrogens with one attached hydrogen (secondary N) is 1. The van der Waals surface area contributed by atoms with Gasteiger partial charge < -0.3 is 10.1 Å². The number of carbonyl (C=O) groups is 1. The monoisotopic (exact) mass is 325 g/mol. The van der Waals surface area contributed by atoms with Crippen molar-refractivity contribution in [3.8, 4) is 5.75 Å². The van der Waals surface area contributed by atoms with E-state index in [1.807, 2.05) is 45.9 Å². The lowest BCUT2D eigenvalue weighted by atomic mass is 10.1. The summed E-state index contributed by atoms with van der Waals surface area (Å²) in [4.78, 5) is 11.8. The molecule has 0 radical (unpaired) electrons. The first-order valence-corrected chi connectivity index (χ1v) is 9.84. The molecule has 0 bridgehead atoms. The van der Waals surface area contributed by atoms with Crippen molar-refractivity contribution >= 4 is 27.5 Å². The van der Waals surface area contributed by atoms with Crippen LogP contribution in [0.2, 0.25) is 0 Å². The van der Waals surface area contributed by atoms with Gasteiger partial charge in [-0.15, -0.1) is 0 Å². The zero-order chi connectivity index (χ0) is 14.9. The molecule has 1 fully saturated rings. The Kier molecular flexibility index (Phi) is 7.30. The third kappa shape index (κ3) is 6.22. The first kappa shape index (κ1) is 16.6. The van der Waals surface area contributed by atoms with Crippen molar-refractivity contribution < 1.29 is 9.53 Å². The largest absolute Gasteiger partial charge is 0.497 e. The summed E-state index contributed by atoms with van der Waals surface area (Å²) < 4.78 is 5.11. The van der Waals surface area contributed by atoms with Crippen LogP contribution in [0, 0.1) is 0 Å². The van der Waals surface area contributed by atoms with Crippen LogP contribution in [0.15, 0.2) is 24.3 Å². The molecule has 0 saturated carbocycles. The molecule has 21 heavy (non-hydrogen) atoms. The summed E-state index contributed by atoms with van der Waals surface area (Å²) in [5, 5.41) is 3.79. The van der Waals surface area contributed by atoms with Crippen LogP contribution in [-0.4, -0.2) is 24.0 Å². The number of unbranched alkanes of at least 4 members (excludes halogenated alkanes) is 1. The first-order chi connectivity index (χ1) is 10.3. The first-order valence-electron chi connectivity index (χ1n) is 7.46. The van der Waals surface area contributed by atoms with Crippen molar-refractivity contribution in [2.24, 2.45) is 0 Å². The van der Waals surface area contributed by atoms with Crippen LogP contribution < -0.4 is 10.1 Å². The van der Waals surface area contributed by atoms with E-state index in [-0.39, 0.29) is 5.91 Å². The summed E-state index contributed by atoms with van der Waals surface area (Å²) in [5.74, 6) is 2.28. The van der Waals surface area contributed by atoms with Gasteiger partial charge in [-0.2, -0.15) is 0 Å². The van der Waals surface area contributed by atoms with Crippen molar-refractivity contribution in [3.05, 3.63) is 29.8 Å². The van der Waals surface area contributed by atoms with Crippen molar-refractivity contribution in [2.45, 2.75) is 43.9 Å². The Hall–Kier alpha value is -0.810. The number of methoxy groups -OCH3 is 1. The van der Waals surface area contributed by atoms with Gasteiger partial charge in [0.2, 0.25) is 5.91 Å². The molecule has 1 atom stereocenters. The Labute approximate surface area is 135 Å². The van der Waals surface area contributed by atoms with Gasteiger partial charge in [-0.3, -0.25) is 4.79 Å². The number of benzene rings is 1. The van der Waals surface area contributed by atoms with E-state index in [0.717, 1.165) is 29.4 Å². The van der Waals surface area contributed by atoms with Gasteiger partial charge in [0, 0.05) is 24.0 Å². The minimum absolute atomic E-state index is 0.152. The van der Waals surface area contributed by atoms with Crippen LogP contribution in [-0.2, 0) is 11.3 Å². The molecule has 0 aliphatic carbocycles. The third-order valence-electron chi connectivity index (χ3n) is 3.56. The Morgan fingerprint density at radius 3 is 2.81 bits per heavy atom. The predicted octanol–water partition coefficient (Wildman–Crippen LogP) is 4.03. The van der Waals surface area contributed by atoms with Crippen molar-refractivity contribution in [2.75, 3.05) is 12.9 Å². The number of hydrogen-bond acceptors (Lipinski definition) is 4. The fourth-order valence-electron chi connectivity index (χ4n) is 2.25. The number of ether oxygens (including phenoxy) is 1. The van der Waals surface area contributed by atoms with Crippen molar-refractivity contribution in [3.63, 3.8) is 0 Å². The molecule has 1 aromatic carbocycles. The van der Waals surface area contributed by atoms with E-state index in [4.69, 9.17) is 4.74 Å². The number of amides is 1. The van der Waals surface area contributed by atoms with Gasteiger partial charge >= 0.3 is 0 Å². The summed E-state index contributed by atoms with van der Waals surface area (Å²) in [7, 11) is 5.65. The topological polar surface area (TPSA) is 38.3 Å². The highest BCUT2D eigenvalue weighted by Crippen LogP contribution is 2.39. The quantitative estimate of drug-likeness (QED) is 0.578. The fraction of sp³-hybridized carbons (Fsp3) is 0.562. The van der Waals surface area contributed by atoms with Crippen molar-refractivity contribution in [1.82, 2.24) is 5.32 Å². The van der Waals surface area contributed by atoms with Crippen LogP contribution in [0.3, 0.4) is 0 Å². The lowest BCUT2D eigenvalue weighted by molar-refractivity contribution is -0.121. The molecule has 5 heteroatoms. The SMILES string of the molecule is COc1ccc(CNC(=O)CCCC[C@@H]2CCSS2)cc1. The average molecular weight is 325 g/mol. The molecular weight excluding hydrogens is 302 g/mol.